The monoisotopic (exact) mass is 314 g/mol. The van der Waals surface area contributed by atoms with Crippen molar-refractivity contribution in [2.75, 3.05) is 0 Å². The summed E-state index contributed by atoms with van der Waals surface area (Å²) in [6.45, 7) is 7.36. The molecule has 0 heterocycles. The average molecular weight is 314 g/mol. The van der Waals surface area contributed by atoms with E-state index >= 15 is 0 Å². The van der Waals surface area contributed by atoms with Gasteiger partial charge in [0.25, 0.3) is 5.91 Å². The van der Waals surface area contributed by atoms with Gasteiger partial charge in [-0.15, -0.1) is 0 Å². The molecule has 0 spiro atoms. The van der Waals surface area contributed by atoms with Gasteiger partial charge >= 0.3 is 0 Å². The van der Waals surface area contributed by atoms with Gasteiger partial charge in [0, 0.05) is 11.6 Å². The summed E-state index contributed by atoms with van der Waals surface area (Å²) in [4.78, 5) is 11.9. The van der Waals surface area contributed by atoms with Gasteiger partial charge in [-0.3, -0.25) is 4.79 Å². The molecule has 1 aromatic rings. The predicted molar refractivity (Wildman–Crippen MR) is 80.8 cm³/mol. The Morgan fingerprint density at radius 3 is 2.43 bits per heavy atom. The normalized spacial score (nSPS) is 13.0. The van der Waals surface area contributed by atoms with E-state index in [0.717, 1.165) is 6.42 Å². The largest absolute Gasteiger partial charge is 0.490 e. The Hall–Kier alpha value is -1.60. The van der Waals surface area contributed by atoms with E-state index in [1.54, 1.807) is 13.8 Å². The van der Waals surface area contributed by atoms with Crippen LogP contribution in [0.5, 0.6) is 5.75 Å². The number of carbonyl (C=O) groups is 1. The molecule has 1 aromatic carbocycles. The fourth-order valence-electron chi connectivity index (χ4n) is 1.63. The molecule has 0 fully saturated rings. The maximum atomic E-state index is 12.0. The van der Waals surface area contributed by atoms with Crippen molar-refractivity contribution in [3.8, 4) is 5.75 Å². The lowest BCUT2D eigenvalue weighted by molar-refractivity contribution is 0.0939. The summed E-state index contributed by atoms with van der Waals surface area (Å²) >= 11 is 0. The summed E-state index contributed by atoms with van der Waals surface area (Å²) in [5, 5.41) is 7.96. The molecule has 7 heteroatoms. The molecule has 0 radical (unpaired) electrons. The van der Waals surface area contributed by atoms with Crippen LogP contribution in [0, 0.1) is 0 Å². The maximum Gasteiger partial charge on any atom is 0.251 e. The molecule has 0 saturated carbocycles. The lowest BCUT2D eigenvalue weighted by atomic mass is 10.1. The maximum absolute atomic E-state index is 12.0. The van der Waals surface area contributed by atoms with Gasteiger partial charge in [-0.2, -0.15) is 0 Å². The molecule has 6 nitrogen and oxygen atoms in total. The SMILES string of the molecule is CCC(C)NC(=O)c1ccc(OC(C)C)c(S(N)(=O)=O)c1. The van der Waals surface area contributed by atoms with Crippen molar-refractivity contribution in [1.82, 2.24) is 5.32 Å². The zero-order valence-electron chi connectivity index (χ0n) is 12.7. The molecule has 0 aliphatic rings. The van der Waals surface area contributed by atoms with Crippen molar-refractivity contribution < 1.29 is 17.9 Å². The minimum atomic E-state index is -3.97. The summed E-state index contributed by atoms with van der Waals surface area (Å²) in [7, 11) is -3.97. The first-order valence-corrected chi connectivity index (χ1v) is 8.34. The van der Waals surface area contributed by atoms with E-state index in [1.165, 1.54) is 18.2 Å². The average Bonchev–Trinajstić information content (AvgIpc) is 2.36. The number of hydrogen-bond donors (Lipinski definition) is 2. The van der Waals surface area contributed by atoms with Crippen molar-refractivity contribution in [3.05, 3.63) is 23.8 Å². The summed E-state index contributed by atoms with van der Waals surface area (Å²) in [5.41, 5.74) is 0.232. The third kappa shape index (κ3) is 5.02. The number of amides is 1. The highest BCUT2D eigenvalue weighted by Gasteiger charge is 2.19. The van der Waals surface area contributed by atoms with Crippen LogP contribution in [-0.2, 0) is 10.0 Å². The molecule has 0 aliphatic heterocycles. The molecule has 0 aromatic heterocycles. The minimum Gasteiger partial charge on any atom is -0.490 e. The third-order valence-corrected chi connectivity index (χ3v) is 3.80. The van der Waals surface area contributed by atoms with Gasteiger partial charge in [0.2, 0.25) is 10.0 Å². The summed E-state index contributed by atoms with van der Waals surface area (Å²) in [5.74, 6) is -0.196. The second-order valence-electron chi connectivity index (χ2n) is 5.16. The molecule has 0 aliphatic carbocycles. The quantitative estimate of drug-likeness (QED) is 0.834. The second kappa shape index (κ2) is 6.91. The zero-order chi connectivity index (χ0) is 16.2. The molecule has 118 valence electrons. The summed E-state index contributed by atoms with van der Waals surface area (Å²) in [6.07, 6.45) is 0.577. The number of benzene rings is 1. The van der Waals surface area contributed by atoms with Gasteiger partial charge in [-0.05, 0) is 45.4 Å². The molecule has 0 saturated heterocycles. The van der Waals surface area contributed by atoms with Crippen molar-refractivity contribution in [3.63, 3.8) is 0 Å². The number of sulfonamides is 1. The molecule has 0 bridgehead atoms. The predicted octanol–water partition coefficient (Wildman–Crippen LogP) is 1.65. The van der Waals surface area contributed by atoms with Gasteiger partial charge in [0.15, 0.2) is 0 Å². The Bertz CT molecular complexity index is 611. The zero-order valence-corrected chi connectivity index (χ0v) is 13.5. The lowest BCUT2D eigenvalue weighted by Crippen LogP contribution is -2.32. The highest BCUT2D eigenvalue weighted by Crippen LogP contribution is 2.25. The highest BCUT2D eigenvalue weighted by molar-refractivity contribution is 7.89. The first kappa shape index (κ1) is 17.5. The van der Waals surface area contributed by atoms with Crippen LogP contribution < -0.4 is 15.2 Å². The molecule has 1 atom stereocenters. The van der Waals surface area contributed by atoms with E-state index < -0.39 is 10.0 Å². The van der Waals surface area contributed by atoms with Gasteiger partial charge in [-0.25, -0.2) is 13.6 Å². The van der Waals surface area contributed by atoms with Crippen LogP contribution >= 0.6 is 0 Å². The summed E-state index contributed by atoms with van der Waals surface area (Å²) < 4.78 is 28.7. The van der Waals surface area contributed by atoms with E-state index in [0.29, 0.717) is 0 Å². The highest BCUT2D eigenvalue weighted by atomic mass is 32.2. The van der Waals surface area contributed by atoms with Gasteiger partial charge in [0.05, 0.1) is 6.10 Å². The number of nitrogens with one attached hydrogen (secondary N) is 1. The number of primary sulfonamides is 1. The van der Waals surface area contributed by atoms with Crippen LogP contribution in [0.3, 0.4) is 0 Å². The van der Waals surface area contributed by atoms with Crippen molar-refractivity contribution in [2.45, 2.75) is 51.2 Å². The van der Waals surface area contributed by atoms with Crippen LogP contribution in [0.4, 0.5) is 0 Å². The van der Waals surface area contributed by atoms with E-state index in [-0.39, 0.29) is 34.3 Å². The molecule has 21 heavy (non-hydrogen) atoms. The Morgan fingerprint density at radius 2 is 1.95 bits per heavy atom. The first-order chi connectivity index (χ1) is 9.65. The second-order valence-corrected chi connectivity index (χ2v) is 6.69. The molecule has 1 rings (SSSR count). The molecular formula is C14H22N2O4S. The van der Waals surface area contributed by atoms with Crippen LogP contribution in [0.1, 0.15) is 44.5 Å². The van der Waals surface area contributed by atoms with Gasteiger partial charge in [-0.1, -0.05) is 6.92 Å². The van der Waals surface area contributed by atoms with Crippen LogP contribution in [-0.4, -0.2) is 26.5 Å². The number of ether oxygens (including phenoxy) is 1. The fourth-order valence-corrected chi connectivity index (χ4v) is 2.32. The van der Waals surface area contributed by atoms with Crippen molar-refractivity contribution in [2.24, 2.45) is 5.14 Å². The van der Waals surface area contributed by atoms with Crippen molar-refractivity contribution >= 4 is 15.9 Å². The van der Waals surface area contributed by atoms with Crippen LogP contribution in [0.15, 0.2) is 23.1 Å². The topological polar surface area (TPSA) is 98.5 Å². The van der Waals surface area contributed by atoms with E-state index in [4.69, 9.17) is 9.88 Å². The van der Waals surface area contributed by atoms with E-state index in [1.807, 2.05) is 13.8 Å². The van der Waals surface area contributed by atoms with E-state index in [2.05, 4.69) is 5.32 Å². The molecule has 1 unspecified atom stereocenters. The van der Waals surface area contributed by atoms with Crippen LogP contribution in [0.25, 0.3) is 0 Å². The Balaban J connectivity index is 3.19. The number of rotatable bonds is 6. The van der Waals surface area contributed by atoms with E-state index in [9.17, 15) is 13.2 Å². The minimum absolute atomic E-state index is 0.00187. The lowest BCUT2D eigenvalue weighted by Gasteiger charge is -2.15. The fraction of sp³-hybridized carbons (Fsp3) is 0.500. The molecular weight excluding hydrogens is 292 g/mol. The summed E-state index contributed by atoms with van der Waals surface area (Å²) in [6, 6.07) is 4.21. The number of nitrogens with two attached hydrogens (primary N) is 1. The number of carbonyl (C=O) groups excluding carboxylic acids is 1. The third-order valence-electron chi connectivity index (χ3n) is 2.86. The van der Waals surface area contributed by atoms with Crippen LogP contribution in [0.2, 0.25) is 0 Å². The molecule has 1 amide bonds. The van der Waals surface area contributed by atoms with Crippen molar-refractivity contribution in [1.29, 1.82) is 0 Å². The Labute approximate surface area is 125 Å². The first-order valence-electron chi connectivity index (χ1n) is 6.79. The van der Waals surface area contributed by atoms with Gasteiger partial charge in [0.1, 0.15) is 10.6 Å². The number of hydrogen-bond acceptors (Lipinski definition) is 4. The molecule has 3 N–H and O–H groups in total. The Morgan fingerprint density at radius 1 is 1.33 bits per heavy atom. The smallest absolute Gasteiger partial charge is 0.251 e. The Kier molecular flexibility index (Phi) is 5.74. The standard InChI is InChI=1S/C14H22N2O4S/c1-5-10(4)16-14(17)11-6-7-12(20-9(2)3)13(8-11)21(15,18)19/h6-10H,5H2,1-4H3,(H,16,17)(H2,15,18,19). The van der Waals surface area contributed by atoms with Gasteiger partial charge < -0.3 is 10.1 Å².